The van der Waals surface area contributed by atoms with Crippen molar-refractivity contribution in [1.82, 2.24) is 9.88 Å². The molecule has 3 amide bonds. The zero-order valence-electron chi connectivity index (χ0n) is 27.8. The second kappa shape index (κ2) is 13.5. The topological polar surface area (TPSA) is 155 Å². The minimum atomic E-state index is -0.848. The molecule has 6 unspecified atom stereocenters. The van der Waals surface area contributed by atoms with Gasteiger partial charge in [0.15, 0.2) is 18.1 Å². The van der Waals surface area contributed by atoms with E-state index in [9.17, 15) is 24.0 Å². The van der Waals surface area contributed by atoms with E-state index >= 15 is 0 Å². The average molecular weight is 728 g/mol. The number of benzene rings is 3. The summed E-state index contributed by atoms with van der Waals surface area (Å²) in [5.41, 5.74) is 1.59. The van der Waals surface area contributed by atoms with Crippen LogP contribution in [-0.2, 0) is 19.2 Å². The number of methoxy groups -OCH3 is 1. The van der Waals surface area contributed by atoms with Crippen LogP contribution in [-0.4, -0.2) is 64.2 Å². The van der Waals surface area contributed by atoms with Gasteiger partial charge in [-0.25, -0.2) is 0 Å². The standard InChI is InChI=1S/C38H37N3O8S2/c1-48-26-16-21(11-13-25(26)49-18-27(42)39-22-12-10-19-7-4-5-8-20(19)15-22)29-30-23-17-24(33(30)50-35-34(29)51-38(47)40-35)32-31(23)36(45)41(37(32)46)14-6-2-3-9-28(43)44/h4-5,7-8,10-13,15-16,23-24,29-33H,2-3,6,9,14,17-18H2,1H3,(H,39,42)(H,40,47)(H,43,44)/t23?,24?,29-,30?,31?,32?,33?/m1/s1. The maximum absolute atomic E-state index is 13.9. The first-order valence-corrected chi connectivity index (χ1v) is 19.0. The van der Waals surface area contributed by atoms with Crippen LogP contribution < -0.4 is 19.7 Å². The smallest absolute Gasteiger partial charge is 0.305 e. The maximum atomic E-state index is 13.9. The predicted octanol–water partition coefficient (Wildman–Crippen LogP) is 5.73. The summed E-state index contributed by atoms with van der Waals surface area (Å²) in [6.45, 7) is 0.0884. The Morgan fingerprint density at radius 2 is 1.73 bits per heavy atom. The number of ether oxygens (including phenoxy) is 2. The van der Waals surface area contributed by atoms with E-state index in [0.717, 1.165) is 32.7 Å². The summed E-state index contributed by atoms with van der Waals surface area (Å²) in [5.74, 6) is -1.48. The third-order valence-electron chi connectivity index (χ3n) is 11.0. The van der Waals surface area contributed by atoms with Crippen LogP contribution >= 0.6 is 23.1 Å². The van der Waals surface area contributed by atoms with E-state index in [1.165, 1.54) is 16.2 Å². The van der Waals surface area contributed by atoms with Crippen LogP contribution in [0.25, 0.3) is 10.8 Å². The third kappa shape index (κ3) is 5.99. The highest BCUT2D eigenvalue weighted by molar-refractivity contribution is 8.00. The quantitative estimate of drug-likeness (QED) is 0.123. The number of likely N-dealkylation sites (tertiary alicyclic amines) is 1. The Bertz CT molecular complexity index is 2110. The molecule has 0 radical (unpaired) electrons. The van der Waals surface area contributed by atoms with Crippen molar-refractivity contribution >= 4 is 63.2 Å². The molecule has 1 saturated heterocycles. The Hall–Kier alpha value is -4.62. The van der Waals surface area contributed by atoms with E-state index in [1.807, 2.05) is 54.6 Å². The van der Waals surface area contributed by atoms with E-state index in [-0.39, 0.29) is 70.5 Å². The Balaban J connectivity index is 1.01. The van der Waals surface area contributed by atoms with Crippen LogP contribution in [0, 0.1) is 29.6 Å². The second-order valence-corrected chi connectivity index (χ2v) is 16.0. The van der Waals surface area contributed by atoms with Crippen LogP contribution in [0.3, 0.4) is 0 Å². The number of H-pyrrole nitrogens is 1. The van der Waals surface area contributed by atoms with E-state index in [0.29, 0.717) is 43.0 Å². The molecular formula is C38H37N3O8S2. The lowest BCUT2D eigenvalue weighted by atomic mass is 9.68. The first kappa shape index (κ1) is 33.5. The number of aromatic nitrogens is 1. The highest BCUT2D eigenvalue weighted by Gasteiger charge is 2.69. The fourth-order valence-corrected chi connectivity index (χ4v) is 11.9. The normalized spacial score (nSPS) is 25.8. The lowest BCUT2D eigenvalue weighted by Crippen LogP contribution is -2.42. The van der Waals surface area contributed by atoms with Crippen molar-refractivity contribution in [3.63, 3.8) is 0 Å². The van der Waals surface area contributed by atoms with Gasteiger partial charge < -0.3 is 24.9 Å². The predicted molar refractivity (Wildman–Crippen MR) is 192 cm³/mol. The van der Waals surface area contributed by atoms with Crippen LogP contribution in [0.5, 0.6) is 11.5 Å². The van der Waals surface area contributed by atoms with Gasteiger partial charge in [0.25, 0.3) is 5.91 Å². The zero-order valence-corrected chi connectivity index (χ0v) is 29.5. The molecule has 3 N–H and O–H groups in total. The number of rotatable bonds is 12. The number of amides is 3. The fraction of sp³-hybridized carbons (Fsp3) is 0.395. The molecule has 264 valence electrons. The van der Waals surface area contributed by atoms with Crippen molar-refractivity contribution in [1.29, 1.82) is 0 Å². The molecule has 8 rings (SSSR count). The van der Waals surface area contributed by atoms with Crippen LogP contribution in [0.4, 0.5) is 5.69 Å². The number of carbonyl (C=O) groups excluding carboxylic acids is 3. The molecule has 11 nitrogen and oxygen atoms in total. The molecule has 4 aliphatic rings. The van der Waals surface area contributed by atoms with Gasteiger partial charge in [-0.1, -0.05) is 54.2 Å². The monoisotopic (exact) mass is 727 g/mol. The number of aromatic amines is 1. The number of hydrogen-bond acceptors (Lipinski definition) is 9. The Kier molecular flexibility index (Phi) is 8.87. The molecule has 51 heavy (non-hydrogen) atoms. The molecule has 2 saturated carbocycles. The number of nitrogens with one attached hydrogen (secondary N) is 2. The lowest BCUT2D eigenvalue weighted by Gasteiger charge is -2.43. The number of carboxylic acids is 1. The highest BCUT2D eigenvalue weighted by Crippen LogP contribution is 2.68. The lowest BCUT2D eigenvalue weighted by molar-refractivity contribution is -0.141. The van der Waals surface area contributed by atoms with E-state index in [4.69, 9.17) is 14.6 Å². The molecule has 3 fully saturated rings. The molecule has 0 spiro atoms. The summed E-state index contributed by atoms with van der Waals surface area (Å²) < 4.78 is 11.7. The number of imide groups is 1. The van der Waals surface area contributed by atoms with E-state index in [2.05, 4.69) is 10.3 Å². The number of nitrogens with zero attached hydrogens (tertiary/aromatic N) is 1. The number of thioether (sulfide) groups is 1. The van der Waals surface area contributed by atoms with Crippen LogP contribution in [0.2, 0.25) is 0 Å². The van der Waals surface area contributed by atoms with Crippen molar-refractivity contribution in [3.8, 4) is 11.5 Å². The molecule has 13 heteroatoms. The van der Waals surface area contributed by atoms with Gasteiger partial charge in [0, 0.05) is 34.7 Å². The van der Waals surface area contributed by atoms with Crippen LogP contribution in [0.15, 0.2) is 70.5 Å². The van der Waals surface area contributed by atoms with E-state index in [1.54, 1.807) is 24.9 Å². The van der Waals surface area contributed by atoms with Gasteiger partial charge in [-0.15, -0.1) is 11.8 Å². The molecule has 7 atom stereocenters. The van der Waals surface area contributed by atoms with Gasteiger partial charge >= 0.3 is 10.8 Å². The van der Waals surface area contributed by atoms with Crippen molar-refractivity contribution in [2.45, 2.75) is 48.3 Å². The summed E-state index contributed by atoms with van der Waals surface area (Å²) in [6, 6.07) is 19.3. The average Bonchev–Trinajstić information content (AvgIpc) is 3.86. The second-order valence-electron chi connectivity index (χ2n) is 13.8. The number of thiazole rings is 1. The number of fused-ring (bicyclic) bond motifs is 10. The van der Waals surface area contributed by atoms with Gasteiger partial charge in [0.2, 0.25) is 11.8 Å². The summed E-state index contributed by atoms with van der Waals surface area (Å²) in [5, 5.41) is 14.8. The number of aliphatic carboxylic acids is 1. The molecular weight excluding hydrogens is 691 g/mol. The summed E-state index contributed by atoms with van der Waals surface area (Å²) in [4.78, 5) is 69.3. The SMILES string of the molecule is COc1cc([C@H]2c3sc(=O)[nH]c3SC3C4CC(C5C(=O)N(CCCCCC(=O)O)C(=O)C45)C32)ccc1OCC(=O)Nc1ccc2ccccc2c1. The van der Waals surface area contributed by atoms with Crippen molar-refractivity contribution in [2.24, 2.45) is 29.6 Å². The van der Waals surface area contributed by atoms with Gasteiger partial charge in [-0.2, -0.15) is 0 Å². The van der Waals surface area contributed by atoms with Gasteiger partial charge in [0.05, 0.1) is 24.0 Å². The molecule has 1 aromatic heterocycles. The first-order valence-electron chi connectivity index (χ1n) is 17.3. The molecule has 2 bridgehead atoms. The van der Waals surface area contributed by atoms with Crippen molar-refractivity contribution < 1.29 is 33.8 Å². The van der Waals surface area contributed by atoms with Crippen LogP contribution in [0.1, 0.15) is 48.5 Å². The molecule has 2 aliphatic heterocycles. The number of hydrogen-bond donors (Lipinski definition) is 3. The fourth-order valence-electron chi connectivity index (χ4n) is 9.00. The number of carbonyl (C=O) groups is 4. The minimum Gasteiger partial charge on any atom is -0.493 e. The molecule has 2 aliphatic carbocycles. The third-order valence-corrected chi connectivity index (χ3v) is 13.6. The maximum Gasteiger partial charge on any atom is 0.305 e. The van der Waals surface area contributed by atoms with Gasteiger partial charge in [0.1, 0.15) is 0 Å². The first-order chi connectivity index (χ1) is 24.7. The summed E-state index contributed by atoms with van der Waals surface area (Å²) in [7, 11) is 1.54. The summed E-state index contributed by atoms with van der Waals surface area (Å²) in [6.07, 6.45) is 2.59. The van der Waals surface area contributed by atoms with Crippen molar-refractivity contribution in [3.05, 3.63) is 80.8 Å². The zero-order chi connectivity index (χ0) is 35.4. The molecule has 4 aromatic rings. The largest absolute Gasteiger partial charge is 0.493 e. The van der Waals surface area contributed by atoms with Gasteiger partial charge in [-0.3, -0.25) is 28.9 Å². The van der Waals surface area contributed by atoms with E-state index < -0.39 is 11.9 Å². The molecule has 3 heterocycles. The van der Waals surface area contributed by atoms with Gasteiger partial charge in [-0.05, 0) is 77.6 Å². The summed E-state index contributed by atoms with van der Waals surface area (Å²) >= 11 is 2.82. The number of unbranched alkanes of at least 4 members (excludes halogenated alkanes) is 2. The molecule has 3 aromatic carbocycles. The Morgan fingerprint density at radius 3 is 2.51 bits per heavy atom. The highest BCUT2D eigenvalue weighted by atomic mass is 32.2. The Labute approximate surface area is 301 Å². The van der Waals surface area contributed by atoms with Crippen molar-refractivity contribution in [2.75, 3.05) is 25.6 Å². The Morgan fingerprint density at radius 1 is 0.941 bits per heavy atom. The number of anilines is 1. The number of carboxylic acid groups (broad SMARTS) is 1. The minimum absolute atomic E-state index is 0.00753.